The summed E-state index contributed by atoms with van der Waals surface area (Å²) in [6.45, 7) is 3.72. The van der Waals surface area contributed by atoms with Crippen molar-refractivity contribution in [2.75, 3.05) is 7.11 Å². The molecule has 1 unspecified atom stereocenters. The number of benzene rings is 1. The topological polar surface area (TPSA) is 33.0 Å². The molecule has 1 atom stereocenters. The molecule has 0 aliphatic rings. The molecule has 0 fully saturated rings. The van der Waals surface area contributed by atoms with Gasteiger partial charge in [0.25, 0.3) is 0 Å². The van der Waals surface area contributed by atoms with E-state index in [1.165, 1.54) is 0 Å². The Morgan fingerprint density at radius 2 is 2.14 bits per heavy atom. The van der Waals surface area contributed by atoms with Crippen LogP contribution in [-0.4, -0.2) is 7.11 Å². The third-order valence-electron chi connectivity index (χ3n) is 2.14. The molecule has 0 spiro atoms. The van der Waals surface area contributed by atoms with Gasteiger partial charge in [-0.25, -0.2) is 0 Å². The summed E-state index contributed by atoms with van der Waals surface area (Å²) in [5, 5.41) is 8.61. The third kappa shape index (κ3) is 2.37. The number of nitriles is 1. The zero-order chi connectivity index (χ0) is 10.4. The lowest BCUT2D eigenvalue weighted by Gasteiger charge is -2.09. The van der Waals surface area contributed by atoms with E-state index in [0.717, 1.165) is 11.3 Å². The predicted molar refractivity (Wildman–Crippen MR) is 56.2 cm³/mol. The molecular weight excluding hydrogens is 174 g/mol. The highest BCUT2D eigenvalue weighted by atomic mass is 16.5. The molecule has 14 heavy (non-hydrogen) atoms. The van der Waals surface area contributed by atoms with Crippen LogP contribution < -0.4 is 4.74 Å². The number of nitrogens with zero attached hydrogens (tertiary/aromatic N) is 1. The van der Waals surface area contributed by atoms with Crippen LogP contribution in [0.15, 0.2) is 36.9 Å². The van der Waals surface area contributed by atoms with Crippen molar-refractivity contribution in [1.82, 2.24) is 0 Å². The molecule has 0 radical (unpaired) electrons. The van der Waals surface area contributed by atoms with Gasteiger partial charge < -0.3 is 4.74 Å². The maximum Gasteiger partial charge on any atom is 0.118 e. The summed E-state index contributed by atoms with van der Waals surface area (Å²) in [6.07, 6.45) is 2.26. The molecular formula is C12H13NO. The number of hydrogen-bond acceptors (Lipinski definition) is 2. The monoisotopic (exact) mass is 187 g/mol. The van der Waals surface area contributed by atoms with Gasteiger partial charge in [0.05, 0.1) is 13.2 Å². The molecule has 0 aliphatic carbocycles. The minimum absolute atomic E-state index is 0.117. The lowest BCUT2D eigenvalue weighted by atomic mass is 9.96. The SMILES string of the molecule is C=CC(CC#N)c1ccc(OC)cc1. The second-order valence-electron chi connectivity index (χ2n) is 2.98. The van der Waals surface area contributed by atoms with Crippen molar-refractivity contribution in [3.63, 3.8) is 0 Å². The van der Waals surface area contributed by atoms with Gasteiger partial charge >= 0.3 is 0 Å². The van der Waals surface area contributed by atoms with E-state index in [0.29, 0.717) is 6.42 Å². The lowest BCUT2D eigenvalue weighted by molar-refractivity contribution is 0.414. The first-order chi connectivity index (χ1) is 6.81. The van der Waals surface area contributed by atoms with Crippen molar-refractivity contribution in [2.24, 2.45) is 0 Å². The highest BCUT2D eigenvalue weighted by Gasteiger charge is 2.06. The molecule has 0 heterocycles. The van der Waals surface area contributed by atoms with Crippen LogP contribution in [0.1, 0.15) is 17.9 Å². The van der Waals surface area contributed by atoms with E-state index < -0.39 is 0 Å². The summed E-state index contributed by atoms with van der Waals surface area (Å²) in [6, 6.07) is 9.85. The number of ether oxygens (including phenoxy) is 1. The second kappa shape index (κ2) is 5.08. The molecule has 0 saturated heterocycles. The summed E-state index contributed by atoms with van der Waals surface area (Å²) in [4.78, 5) is 0. The Morgan fingerprint density at radius 3 is 2.57 bits per heavy atom. The van der Waals surface area contributed by atoms with E-state index in [1.54, 1.807) is 13.2 Å². The second-order valence-corrected chi connectivity index (χ2v) is 2.98. The molecule has 2 heteroatoms. The van der Waals surface area contributed by atoms with Gasteiger partial charge in [-0.15, -0.1) is 6.58 Å². The quantitative estimate of drug-likeness (QED) is 0.679. The zero-order valence-electron chi connectivity index (χ0n) is 8.23. The van der Waals surface area contributed by atoms with Gasteiger partial charge in [-0.05, 0) is 17.7 Å². The van der Waals surface area contributed by atoms with Crippen LogP contribution >= 0.6 is 0 Å². The van der Waals surface area contributed by atoms with Gasteiger partial charge in [0.1, 0.15) is 5.75 Å². The molecule has 0 amide bonds. The van der Waals surface area contributed by atoms with Crippen LogP contribution in [0.4, 0.5) is 0 Å². The Labute approximate surface area is 84.4 Å². The minimum atomic E-state index is 0.117. The Morgan fingerprint density at radius 1 is 1.50 bits per heavy atom. The maximum atomic E-state index is 8.61. The minimum Gasteiger partial charge on any atom is -0.497 e. The van der Waals surface area contributed by atoms with E-state index in [1.807, 2.05) is 24.3 Å². The Hall–Kier alpha value is -1.75. The summed E-state index contributed by atoms with van der Waals surface area (Å²) in [7, 11) is 1.63. The fourth-order valence-electron chi connectivity index (χ4n) is 1.29. The Bertz CT molecular complexity index is 334. The number of hydrogen-bond donors (Lipinski definition) is 0. The van der Waals surface area contributed by atoms with Gasteiger partial charge in [-0.2, -0.15) is 5.26 Å². The van der Waals surface area contributed by atoms with E-state index in [2.05, 4.69) is 12.6 Å². The van der Waals surface area contributed by atoms with Gasteiger partial charge in [-0.1, -0.05) is 18.2 Å². The van der Waals surface area contributed by atoms with Crippen LogP contribution in [0.25, 0.3) is 0 Å². The van der Waals surface area contributed by atoms with Crippen LogP contribution in [0.5, 0.6) is 5.75 Å². The molecule has 0 saturated carbocycles. The van der Waals surface area contributed by atoms with E-state index in [9.17, 15) is 0 Å². The maximum absolute atomic E-state index is 8.61. The van der Waals surface area contributed by atoms with E-state index in [4.69, 9.17) is 10.00 Å². The van der Waals surface area contributed by atoms with Crippen molar-refractivity contribution >= 4 is 0 Å². The summed E-state index contributed by atoms with van der Waals surface area (Å²) in [5.41, 5.74) is 1.10. The molecule has 2 nitrogen and oxygen atoms in total. The van der Waals surface area contributed by atoms with Crippen molar-refractivity contribution in [2.45, 2.75) is 12.3 Å². The molecule has 0 aromatic heterocycles. The molecule has 0 N–H and O–H groups in total. The average molecular weight is 187 g/mol. The standard InChI is InChI=1S/C12H13NO/c1-3-10(8-9-13)11-4-6-12(14-2)7-5-11/h3-7,10H,1,8H2,2H3. The third-order valence-corrected chi connectivity index (χ3v) is 2.14. The molecule has 0 aliphatic heterocycles. The first-order valence-corrected chi connectivity index (χ1v) is 4.45. The fraction of sp³-hybridized carbons (Fsp3) is 0.250. The van der Waals surface area contributed by atoms with Gasteiger partial charge in [0.2, 0.25) is 0 Å². The summed E-state index contributed by atoms with van der Waals surface area (Å²) >= 11 is 0. The number of methoxy groups -OCH3 is 1. The van der Waals surface area contributed by atoms with Crippen LogP contribution in [0.3, 0.4) is 0 Å². The zero-order valence-corrected chi connectivity index (χ0v) is 8.23. The van der Waals surface area contributed by atoms with Crippen molar-refractivity contribution < 1.29 is 4.74 Å². The largest absolute Gasteiger partial charge is 0.497 e. The van der Waals surface area contributed by atoms with Gasteiger partial charge in [-0.3, -0.25) is 0 Å². The number of rotatable bonds is 4. The molecule has 72 valence electrons. The smallest absolute Gasteiger partial charge is 0.118 e. The van der Waals surface area contributed by atoms with Crippen molar-refractivity contribution in [3.8, 4) is 11.8 Å². The highest BCUT2D eigenvalue weighted by molar-refractivity contribution is 5.31. The van der Waals surface area contributed by atoms with E-state index in [-0.39, 0.29) is 5.92 Å². The van der Waals surface area contributed by atoms with Gasteiger partial charge in [0, 0.05) is 12.3 Å². The van der Waals surface area contributed by atoms with Crippen molar-refractivity contribution in [1.29, 1.82) is 5.26 Å². The first-order valence-electron chi connectivity index (χ1n) is 4.45. The van der Waals surface area contributed by atoms with Crippen LogP contribution in [0.2, 0.25) is 0 Å². The highest BCUT2D eigenvalue weighted by Crippen LogP contribution is 2.22. The molecule has 1 rings (SSSR count). The summed E-state index contributed by atoms with van der Waals surface area (Å²) in [5.74, 6) is 0.944. The normalized spacial score (nSPS) is 11.4. The molecule has 1 aromatic carbocycles. The number of allylic oxidation sites excluding steroid dienone is 1. The van der Waals surface area contributed by atoms with Gasteiger partial charge in [0.15, 0.2) is 0 Å². The van der Waals surface area contributed by atoms with Crippen molar-refractivity contribution in [3.05, 3.63) is 42.5 Å². The molecule has 0 bridgehead atoms. The fourth-order valence-corrected chi connectivity index (χ4v) is 1.29. The lowest BCUT2D eigenvalue weighted by Crippen LogP contribution is -1.93. The Kier molecular flexibility index (Phi) is 3.75. The first kappa shape index (κ1) is 10.3. The van der Waals surface area contributed by atoms with E-state index >= 15 is 0 Å². The predicted octanol–water partition coefficient (Wildman–Crippen LogP) is 2.88. The molecule has 1 aromatic rings. The summed E-state index contributed by atoms with van der Waals surface area (Å²) < 4.78 is 5.05. The van der Waals surface area contributed by atoms with Crippen LogP contribution in [0, 0.1) is 11.3 Å². The Balaban J connectivity index is 2.84. The average Bonchev–Trinajstić information content (AvgIpc) is 2.26. The van der Waals surface area contributed by atoms with Crippen LogP contribution in [-0.2, 0) is 0 Å².